The highest BCUT2D eigenvalue weighted by Gasteiger charge is 2.54. The van der Waals surface area contributed by atoms with E-state index in [1.165, 1.54) is 11.3 Å². The van der Waals surface area contributed by atoms with Crippen LogP contribution in [0.5, 0.6) is 0 Å². The van der Waals surface area contributed by atoms with Gasteiger partial charge in [0.1, 0.15) is 11.4 Å². The van der Waals surface area contributed by atoms with Crippen LogP contribution in [0.3, 0.4) is 0 Å². The Morgan fingerprint density at radius 2 is 2.06 bits per heavy atom. The highest BCUT2D eigenvalue weighted by atomic mass is 35.5. The molecule has 0 radical (unpaired) electrons. The van der Waals surface area contributed by atoms with E-state index in [4.69, 9.17) is 11.6 Å². The summed E-state index contributed by atoms with van der Waals surface area (Å²) in [4.78, 5) is 33.7. The van der Waals surface area contributed by atoms with Crippen molar-refractivity contribution in [2.24, 2.45) is 13.0 Å². The van der Waals surface area contributed by atoms with E-state index in [1.54, 1.807) is 17.8 Å². The van der Waals surface area contributed by atoms with Gasteiger partial charge in [-0.1, -0.05) is 23.7 Å². The van der Waals surface area contributed by atoms with E-state index >= 15 is 0 Å². The van der Waals surface area contributed by atoms with Crippen LogP contribution < -0.4 is 5.32 Å². The number of halogens is 1. The van der Waals surface area contributed by atoms with Gasteiger partial charge in [-0.05, 0) is 56.4 Å². The number of piperidine rings is 1. The summed E-state index contributed by atoms with van der Waals surface area (Å²) in [7, 11) is 1.75. The minimum atomic E-state index is -0.176. The van der Waals surface area contributed by atoms with E-state index in [0.717, 1.165) is 34.0 Å². The van der Waals surface area contributed by atoms with Crippen molar-refractivity contribution in [2.45, 2.75) is 38.8 Å². The molecule has 1 N–H and O–H groups in total. The van der Waals surface area contributed by atoms with Crippen molar-refractivity contribution in [3.63, 3.8) is 0 Å². The number of nitrogens with one attached hydrogen (secondary N) is 1. The molecule has 1 saturated carbocycles. The van der Waals surface area contributed by atoms with Gasteiger partial charge in [0.25, 0.3) is 11.8 Å². The van der Waals surface area contributed by atoms with Gasteiger partial charge in [0.15, 0.2) is 0 Å². The van der Waals surface area contributed by atoms with Crippen molar-refractivity contribution in [3.8, 4) is 10.4 Å². The fraction of sp³-hybridized carbons (Fsp3) is 0.391. The minimum absolute atomic E-state index is 0.0428. The molecule has 0 spiro atoms. The van der Waals surface area contributed by atoms with Gasteiger partial charge in [-0.15, -0.1) is 11.3 Å². The highest BCUT2D eigenvalue weighted by Crippen LogP contribution is 2.48. The van der Waals surface area contributed by atoms with Gasteiger partial charge in [0.2, 0.25) is 0 Å². The van der Waals surface area contributed by atoms with Crippen LogP contribution in [0.25, 0.3) is 10.4 Å². The van der Waals surface area contributed by atoms with E-state index in [2.05, 4.69) is 15.4 Å². The summed E-state index contributed by atoms with van der Waals surface area (Å²) in [5, 5.41) is 8.70. The molecule has 166 valence electrons. The molecule has 2 amide bonds. The van der Waals surface area contributed by atoms with Crippen LogP contribution in [0, 0.1) is 19.8 Å². The van der Waals surface area contributed by atoms with Crippen molar-refractivity contribution in [3.05, 3.63) is 57.4 Å². The number of benzene rings is 1. The molecule has 3 heterocycles. The second kappa shape index (κ2) is 8.01. The normalized spacial score (nSPS) is 21.5. The van der Waals surface area contributed by atoms with Gasteiger partial charge in [-0.25, -0.2) is 4.98 Å². The zero-order valence-electron chi connectivity index (χ0n) is 18.1. The molecular weight excluding hydrogens is 446 g/mol. The summed E-state index contributed by atoms with van der Waals surface area (Å²) in [6, 6.07) is 9.47. The quantitative estimate of drug-likeness (QED) is 0.615. The van der Waals surface area contributed by atoms with Crippen LogP contribution in [-0.4, -0.2) is 50.1 Å². The average molecular weight is 470 g/mol. The van der Waals surface area contributed by atoms with Crippen LogP contribution in [0.2, 0.25) is 5.02 Å². The third-order valence-electron chi connectivity index (χ3n) is 6.20. The van der Waals surface area contributed by atoms with Gasteiger partial charge in [0.05, 0.1) is 21.6 Å². The van der Waals surface area contributed by atoms with E-state index in [0.29, 0.717) is 28.9 Å². The number of fused-ring (bicyclic) bond motifs is 1. The minimum Gasteiger partial charge on any atom is -0.349 e. The lowest BCUT2D eigenvalue weighted by molar-refractivity contribution is 0.0684. The largest absolute Gasteiger partial charge is 0.349 e. The maximum Gasteiger partial charge on any atom is 0.274 e. The standard InChI is InChI=1S/C23H24ClN5O2S/c1-12-7-19(28(3)27-12)22(30)25-11-17-9-15-10-18(15)29(17)23(31)20-21(32-13(2)26-20)14-5-4-6-16(24)8-14/h4-8,15,17-18H,9-11H2,1-3H3,(H,25,30)/t15?,17?,18-/m0/s1. The van der Waals surface area contributed by atoms with E-state index in [-0.39, 0.29) is 23.9 Å². The molecule has 1 aliphatic carbocycles. The first-order chi connectivity index (χ1) is 15.3. The van der Waals surface area contributed by atoms with Crippen LogP contribution >= 0.6 is 22.9 Å². The fourth-order valence-corrected chi connectivity index (χ4v) is 5.80. The van der Waals surface area contributed by atoms with Gasteiger partial charge >= 0.3 is 0 Å². The van der Waals surface area contributed by atoms with E-state index in [9.17, 15) is 9.59 Å². The predicted octanol–water partition coefficient (Wildman–Crippen LogP) is 3.85. The van der Waals surface area contributed by atoms with Crippen molar-refractivity contribution in [2.75, 3.05) is 6.54 Å². The molecule has 7 nitrogen and oxygen atoms in total. The zero-order valence-corrected chi connectivity index (χ0v) is 19.7. The smallest absolute Gasteiger partial charge is 0.274 e. The summed E-state index contributed by atoms with van der Waals surface area (Å²) in [5.41, 5.74) is 2.68. The molecule has 32 heavy (non-hydrogen) atoms. The molecule has 9 heteroatoms. The number of hydrogen-bond donors (Lipinski definition) is 1. The van der Waals surface area contributed by atoms with Crippen LogP contribution in [0.4, 0.5) is 0 Å². The number of nitrogens with zero attached hydrogens (tertiary/aromatic N) is 4. The van der Waals surface area contributed by atoms with Crippen molar-refractivity contribution < 1.29 is 9.59 Å². The number of thiazole rings is 1. The first-order valence-electron chi connectivity index (χ1n) is 10.7. The first-order valence-corrected chi connectivity index (χ1v) is 11.9. The molecular formula is C23H24ClN5O2S. The van der Waals surface area contributed by atoms with Crippen LogP contribution in [-0.2, 0) is 7.05 Å². The molecule has 1 aromatic carbocycles. The van der Waals surface area contributed by atoms with Gasteiger partial charge < -0.3 is 10.2 Å². The second-order valence-corrected chi connectivity index (χ2v) is 10.2. The lowest BCUT2D eigenvalue weighted by atomic mass is 10.1. The monoisotopic (exact) mass is 469 g/mol. The molecule has 2 aromatic heterocycles. The summed E-state index contributed by atoms with van der Waals surface area (Å²) in [5.74, 6) is 0.268. The van der Waals surface area contributed by atoms with E-state index < -0.39 is 0 Å². The molecule has 5 rings (SSSR count). The number of rotatable bonds is 5. The first kappa shape index (κ1) is 21.2. The number of likely N-dealkylation sites (tertiary alicyclic amines) is 1. The summed E-state index contributed by atoms with van der Waals surface area (Å²) in [6.45, 7) is 4.18. The zero-order chi connectivity index (χ0) is 22.6. The number of hydrogen-bond acceptors (Lipinski definition) is 5. The third-order valence-corrected chi connectivity index (χ3v) is 7.46. The third kappa shape index (κ3) is 3.82. The SMILES string of the molecule is Cc1cc(C(=O)NCC2CC3C[C@@H]3N2C(=O)c2nc(C)sc2-c2cccc(Cl)c2)n(C)n1. The molecule has 3 aromatic rings. The Bertz CT molecular complexity index is 1220. The molecule has 2 aliphatic rings. The maximum atomic E-state index is 13.7. The highest BCUT2D eigenvalue weighted by molar-refractivity contribution is 7.15. The predicted molar refractivity (Wildman–Crippen MR) is 124 cm³/mol. The summed E-state index contributed by atoms with van der Waals surface area (Å²) in [6.07, 6.45) is 1.92. The Morgan fingerprint density at radius 1 is 1.25 bits per heavy atom. The Balaban J connectivity index is 1.36. The van der Waals surface area contributed by atoms with E-state index in [1.807, 2.05) is 43.0 Å². The molecule has 3 atom stereocenters. The molecule has 1 saturated heterocycles. The second-order valence-electron chi connectivity index (χ2n) is 8.59. The Hall–Kier alpha value is -2.71. The number of carbonyl (C=O) groups is 2. The summed E-state index contributed by atoms with van der Waals surface area (Å²) >= 11 is 7.69. The molecule has 0 bridgehead atoms. The Labute approximate surface area is 195 Å². The van der Waals surface area contributed by atoms with Gasteiger partial charge in [0, 0.05) is 24.7 Å². The lowest BCUT2D eigenvalue weighted by Crippen LogP contribution is -2.45. The van der Waals surface area contributed by atoms with Gasteiger partial charge in [-0.2, -0.15) is 5.10 Å². The Morgan fingerprint density at radius 3 is 2.78 bits per heavy atom. The van der Waals surface area contributed by atoms with Crippen LogP contribution in [0.1, 0.15) is 44.5 Å². The lowest BCUT2D eigenvalue weighted by Gasteiger charge is -2.27. The number of aromatic nitrogens is 3. The topological polar surface area (TPSA) is 80.1 Å². The van der Waals surface area contributed by atoms with Crippen molar-refractivity contribution in [1.82, 2.24) is 25.0 Å². The molecule has 2 fully saturated rings. The van der Waals surface area contributed by atoms with Gasteiger partial charge in [-0.3, -0.25) is 14.3 Å². The maximum absolute atomic E-state index is 13.7. The van der Waals surface area contributed by atoms with Crippen molar-refractivity contribution >= 4 is 34.8 Å². The summed E-state index contributed by atoms with van der Waals surface area (Å²) < 4.78 is 1.58. The average Bonchev–Trinajstić information content (AvgIpc) is 3.06. The molecule has 2 unspecified atom stereocenters. The molecule has 1 aliphatic heterocycles. The van der Waals surface area contributed by atoms with Crippen molar-refractivity contribution in [1.29, 1.82) is 0 Å². The number of aryl methyl sites for hydroxylation is 3. The number of carbonyl (C=O) groups excluding carboxylic acids is 2. The number of amides is 2. The van der Waals surface area contributed by atoms with Crippen LogP contribution in [0.15, 0.2) is 30.3 Å². The Kier molecular flexibility index (Phi) is 5.29. The fourth-order valence-electron chi connectivity index (χ4n) is 4.70.